The zero-order chi connectivity index (χ0) is 19.6. The molecule has 1 aliphatic heterocycles. The summed E-state index contributed by atoms with van der Waals surface area (Å²) in [5, 5.41) is 0. The van der Waals surface area contributed by atoms with E-state index in [2.05, 4.69) is 9.62 Å². The number of aryl methyl sites for hydroxylation is 3. The summed E-state index contributed by atoms with van der Waals surface area (Å²) in [5.74, 6) is 0. The van der Waals surface area contributed by atoms with Crippen LogP contribution in [0.1, 0.15) is 29.5 Å². The molecule has 6 heteroatoms. The Hall–Kier alpha value is -2.05. The van der Waals surface area contributed by atoms with Crippen LogP contribution < -0.4 is 9.62 Å². The molecule has 27 heavy (non-hydrogen) atoms. The first-order chi connectivity index (χ1) is 12.8. The van der Waals surface area contributed by atoms with Gasteiger partial charge in [-0.1, -0.05) is 6.07 Å². The molecular weight excluding hydrogens is 360 g/mol. The molecule has 1 fully saturated rings. The number of rotatable bonds is 5. The van der Waals surface area contributed by atoms with E-state index >= 15 is 0 Å². The van der Waals surface area contributed by atoms with Crippen LogP contribution in [0.2, 0.25) is 0 Å². The highest BCUT2D eigenvalue weighted by Gasteiger charge is 2.21. The summed E-state index contributed by atoms with van der Waals surface area (Å²) in [6.45, 7) is 7.59. The van der Waals surface area contributed by atoms with Crippen molar-refractivity contribution in [1.82, 2.24) is 0 Å². The summed E-state index contributed by atoms with van der Waals surface area (Å²) in [4.78, 5) is 2.61. The summed E-state index contributed by atoms with van der Waals surface area (Å²) in [7, 11) is -1.87. The Labute approximate surface area is 162 Å². The molecule has 1 atom stereocenters. The van der Waals surface area contributed by atoms with Gasteiger partial charge in [-0.25, -0.2) is 8.42 Å². The van der Waals surface area contributed by atoms with Crippen LogP contribution in [0.3, 0.4) is 0 Å². The molecule has 0 spiro atoms. The van der Waals surface area contributed by atoms with Crippen molar-refractivity contribution in [3.8, 4) is 0 Å². The maximum atomic E-state index is 12.8. The Morgan fingerprint density at radius 2 is 1.70 bits per heavy atom. The van der Waals surface area contributed by atoms with Crippen LogP contribution in [0.15, 0.2) is 41.3 Å². The van der Waals surface area contributed by atoms with Crippen molar-refractivity contribution in [1.29, 1.82) is 0 Å². The summed E-state index contributed by atoms with van der Waals surface area (Å²) in [5.41, 5.74) is 4.46. The van der Waals surface area contributed by atoms with E-state index in [1.165, 1.54) is 0 Å². The Balaban J connectivity index is 1.77. The van der Waals surface area contributed by atoms with Crippen molar-refractivity contribution in [2.75, 3.05) is 29.8 Å². The quantitative estimate of drug-likeness (QED) is 0.840. The Morgan fingerprint density at radius 3 is 2.37 bits per heavy atom. The van der Waals surface area contributed by atoms with Crippen LogP contribution >= 0.6 is 0 Å². The molecule has 0 bridgehead atoms. The van der Waals surface area contributed by atoms with Crippen LogP contribution in [0.4, 0.5) is 11.4 Å². The van der Waals surface area contributed by atoms with E-state index in [1.807, 2.05) is 51.1 Å². The largest absolute Gasteiger partial charge is 0.380 e. The van der Waals surface area contributed by atoms with Gasteiger partial charge in [0, 0.05) is 31.6 Å². The molecule has 0 aromatic heterocycles. The first-order valence-corrected chi connectivity index (χ1v) is 10.8. The molecule has 1 unspecified atom stereocenters. The molecule has 1 N–H and O–H groups in total. The lowest BCUT2D eigenvalue weighted by Gasteiger charge is -2.33. The van der Waals surface area contributed by atoms with Gasteiger partial charge in [0.2, 0.25) is 0 Å². The van der Waals surface area contributed by atoms with Crippen LogP contribution in [0.5, 0.6) is 0 Å². The van der Waals surface area contributed by atoms with E-state index in [1.54, 1.807) is 13.2 Å². The first kappa shape index (κ1) is 19.7. The monoisotopic (exact) mass is 388 g/mol. The normalized spacial score (nSPS) is 17.8. The smallest absolute Gasteiger partial charge is 0.262 e. The summed E-state index contributed by atoms with van der Waals surface area (Å²) >= 11 is 0. The van der Waals surface area contributed by atoms with Crippen LogP contribution in [-0.4, -0.2) is 34.7 Å². The molecule has 2 aromatic carbocycles. The maximum absolute atomic E-state index is 12.8. The highest BCUT2D eigenvalue weighted by Crippen LogP contribution is 2.26. The average molecular weight is 389 g/mol. The highest BCUT2D eigenvalue weighted by atomic mass is 32.2. The third-order valence-electron chi connectivity index (χ3n) is 5.28. The van der Waals surface area contributed by atoms with E-state index in [-0.39, 0.29) is 6.10 Å². The molecule has 0 amide bonds. The number of benzene rings is 2. The number of nitrogens with one attached hydrogen (secondary N) is 1. The minimum absolute atomic E-state index is 0.254. The van der Waals surface area contributed by atoms with Gasteiger partial charge in [0.1, 0.15) is 0 Å². The van der Waals surface area contributed by atoms with Gasteiger partial charge >= 0.3 is 0 Å². The second kappa shape index (κ2) is 7.90. The summed E-state index contributed by atoms with van der Waals surface area (Å²) in [6.07, 6.45) is 2.43. The fourth-order valence-corrected chi connectivity index (χ4v) is 4.91. The molecule has 146 valence electrons. The lowest BCUT2D eigenvalue weighted by atomic mass is 10.1. The molecule has 5 nitrogen and oxygen atoms in total. The first-order valence-electron chi connectivity index (χ1n) is 9.28. The standard InChI is InChI=1S/C21H28N2O3S/c1-15-12-17(3)21(13-16(15)2)27(24,25)22-18-7-9-19(10-8-18)23-11-5-6-20(14-23)26-4/h7-10,12-13,20,22H,5-6,11,14H2,1-4H3. The minimum Gasteiger partial charge on any atom is -0.380 e. The molecule has 1 saturated heterocycles. The lowest BCUT2D eigenvalue weighted by molar-refractivity contribution is 0.0893. The van der Waals surface area contributed by atoms with Gasteiger partial charge in [-0.3, -0.25) is 4.72 Å². The van der Waals surface area contributed by atoms with Gasteiger partial charge < -0.3 is 9.64 Å². The Bertz CT molecular complexity index is 908. The van der Waals surface area contributed by atoms with Gasteiger partial charge in [-0.05, 0) is 80.6 Å². The third-order valence-corrected chi connectivity index (χ3v) is 6.80. The fraction of sp³-hybridized carbons (Fsp3) is 0.429. The number of ether oxygens (including phenoxy) is 1. The van der Waals surface area contributed by atoms with Crippen LogP contribution in [0.25, 0.3) is 0 Å². The topological polar surface area (TPSA) is 58.6 Å². The lowest BCUT2D eigenvalue weighted by Crippen LogP contribution is -2.39. The molecule has 0 saturated carbocycles. The van der Waals surface area contributed by atoms with Crippen molar-refractivity contribution < 1.29 is 13.2 Å². The van der Waals surface area contributed by atoms with Crippen LogP contribution in [-0.2, 0) is 14.8 Å². The molecule has 1 aliphatic rings. The van der Waals surface area contributed by atoms with Gasteiger partial charge in [-0.2, -0.15) is 0 Å². The molecule has 2 aromatic rings. The van der Waals surface area contributed by atoms with Crippen molar-refractivity contribution >= 4 is 21.4 Å². The number of nitrogens with zero attached hydrogens (tertiary/aromatic N) is 1. The summed E-state index contributed by atoms with van der Waals surface area (Å²) < 4.78 is 33.8. The molecular formula is C21H28N2O3S. The van der Waals surface area contributed by atoms with Gasteiger partial charge in [0.05, 0.1) is 11.0 Å². The van der Waals surface area contributed by atoms with E-state index in [0.717, 1.165) is 48.3 Å². The predicted octanol–water partition coefficient (Wildman–Crippen LogP) is 4.03. The zero-order valence-corrected chi connectivity index (χ0v) is 17.3. The predicted molar refractivity (Wildman–Crippen MR) is 110 cm³/mol. The second-order valence-electron chi connectivity index (χ2n) is 7.30. The number of anilines is 2. The SMILES string of the molecule is COC1CCCN(c2ccc(NS(=O)(=O)c3cc(C)c(C)cc3C)cc2)C1. The van der Waals surface area contributed by atoms with Gasteiger partial charge in [0.15, 0.2) is 0 Å². The number of sulfonamides is 1. The Morgan fingerprint density at radius 1 is 1.04 bits per heavy atom. The van der Waals surface area contributed by atoms with Crippen molar-refractivity contribution in [2.45, 2.75) is 44.6 Å². The molecule has 1 heterocycles. The van der Waals surface area contributed by atoms with Crippen molar-refractivity contribution in [2.24, 2.45) is 0 Å². The summed E-state index contributed by atoms with van der Waals surface area (Å²) in [6, 6.07) is 11.2. The van der Waals surface area contributed by atoms with E-state index in [4.69, 9.17) is 4.74 Å². The molecule has 3 rings (SSSR count). The highest BCUT2D eigenvalue weighted by molar-refractivity contribution is 7.92. The van der Waals surface area contributed by atoms with Crippen molar-refractivity contribution in [3.05, 3.63) is 53.1 Å². The van der Waals surface area contributed by atoms with Crippen LogP contribution in [0, 0.1) is 20.8 Å². The molecule has 0 radical (unpaired) electrons. The maximum Gasteiger partial charge on any atom is 0.262 e. The van der Waals surface area contributed by atoms with E-state index < -0.39 is 10.0 Å². The van der Waals surface area contributed by atoms with Gasteiger partial charge in [0.25, 0.3) is 10.0 Å². The Kier molecular flexibility index (Phi) is 5.77. The average Bonchev–Trinajstić information content (AvgIpc) is 2.65. The third kappa shape index (κ3) is 4.45. The second-order valence-corrected chi connectivity index (χ2v) is 8.95. The zero-order valence-electron chi connectivity index (χ0n) is 16.5. The number of methoxy groups -OCH3 is 1. The minimum atomic E-state index is -3.62. The number of hydrogen-bond donors (Lipinski definition) is 1. The van der Waals surface area contributed by atoms with E-state index in [9.17, 15) is 8.42 Å². The molecule has 0 aliphatic carbocycles. The van der Waals surface area contributed by atoms with Crippen molar-refractivity contribution in [3.63, 3.8) is 0 Å². The van der Waals surface area contributed by atoms with E-state index in [0.29, 0.717) is 10.6 Å². The number of piperidine rings is 1. The van der Waals surface area contributed by atoms with Gasteiger partial charge in [-0.15, -0.1) is 0 Å². The fourth-order valence-electron chi connectivity index (χ4n) is 3.54. The number of hydrogen-bond acceptors (Lipinski definition) is 4.